The first-order valence-corrected chi connectivity index (χ1v) is 8.56. The summed E-state index contributed by atoms with van der Waals surface area (Å²) in [6, 6.07) is 0. The summed E-state index contributed by atoms with van der Waals surface area (Å²) in [7, 11) is 0. The van der Waals surface area contributed by atoms with Crippen molar-refractivity contribution in [1.82, 2.24) is 0 Å². The smallest absolute Gasteiger partial charge is 0.166 e. The van der Waals surface area contributed by atoms with Gasteiger partial charge in [0.2, 0.25) is 0 Å². The molecule has 4 aliphatic rings. The van der Waals surface area contributed by atoms with Gasteiger partial charge in [0.15, 0.2) is 4.33 Å². The van der Waals surface area contributed by atoms with Crippen LogP contribution in [-0.4, -0.2) is 36.5 Å². The molecule has 3 fully saturated rings. The first kappa shape index (κ1) is 15.0. The maximum Gasteiger partial charge on any atom is 0.166 e. The van der Waals surface area contributed by atoms with Gasteiger partial charge in [0.05, 0.1) is 22.3 Å². The molecular formula is C12H10Cl6O2. The molecule has 0 unspecified atom stereocenters. The van der Waals surface area contributed by atoms with E-state index in [1.54, 1.807) is 0 Å². The molecule has 8 heteroatoms. The third kappa shape index (κ3) is 1.16. The van der Waals surface area contributed by atoms with Gasteiger partial charge in [-0.25, -0.2) is 0 Å². The van der Waals surface area contributed by atoms with E-state index in [0.29, 0.717) is 6.42 Å². The van der Waals surface area contributed by atoms with Crippen molar-refractivity contribution in [2.24, 2.45) is 23.7 Å². The zero-order chi connectivity index (χ0) is 14.8. The highest BCUT2D eigenvalue weighted by Gasteiger charge is 2.87. The van der Waals surface area contributed by atoms with Gasteiger partial charge in [-0.15, -0.1) is 23.2 Å². The van der Waals surface area contributed by atoms with Crippen LogP contribution in [0.15, 0.2) is 10.1 Å². The molecule has 0 amide bonds. The van der Waals surface area contributed by atoms with Gasteiger partial charge >= 0.3 is 0 Å². The van der Waals surface area contributed by atoms with Crippen LogP contribution >= 0.6 is 69.6 Å². The molecular weight excluding hydrogens is 389 g/mol. The molecule has 4 rings (SSSR count). The number of aliphatic hydroxyl groups excluding tert-OH is 2. The van der Waals surface area contributed by atoms with Crippen LogP contribution in [0.3, 0.4) is 0 Å². The number of hydrogen-bond acceptors (Lipinski definition) is 2. The Morgan fingerprint density at radius 3 is 1.50 bits per heavy atom. The molecule has 2 nitrogen and oxygen atoms in total. The normalized spacial score (nSPS) is 62.4. The second-order valence-corrected chi connectivity index (χ2v) is 9.50. The third-order valence-corrected chi connectivity index (χ3v) is 10.0. The fourth-order valence-corrected chi connectivity index (χ4v) is 8.14. The number of hydrogen-bond donors (Lipinski definition) is 2. The lowest BCUT2D eigenvalue weighted by atomic mass is 9.70. The summed E-state index contributed by atoms with van der Waals surface area (Å²) in [4.78, 5) is -2.64. The van der Waals surface area contributed by atoms with E-state index in [1.165, 1.54) is 0 Å². The molecule has 0 aromatic carbocycles. The lowest BCUT2D eigenvalue weighted by Crippen LogP contribution is -2.50. The molecule has 0 radical (unpaired) electrons. The summed E-state index contributed by atoms with van der Waals surface area (Å²) >= 11 is 39.0. The molecule has 0 aromatic heterocycles. The predicted octanol–water partition coefficient (Wildman–Crippen LogP) is 3.44. The Morgan fingerprint density at radius 1 is 0.800 bits per heavy atom. The van der Waals surface area contributed by atoms with Crippen LogP contribution in [0, 0.1) is 23.7 Å². The van der Waals surface area contributed by atoms with Gasteiger partial charge < -0.3 is 10.2 Å². The molecule has 112 valence electrons. The number of allylic oxidation sites excluding steroid dienone is 2. The van der Waals surface area contributed by atoms with E-state index in [9.17, 15) is 10.2 Å². The molecule has 0 spiro atoms. The molecule has 4 bridgehead atoms. The van der Waals surface area contributed by atoms with E-state index in [4.69, 9.17) is 69.6 Å². The number of rotatable bonds is 0. The lowest BCUT2D eigenvalue weighted by molar-refractivity contribution is -0.0559. The summed E-state index contributed by atoms with van der Waals surface area (Å²) < 4.78 is -1.58. The number of aliphatic hydroxyl groups is 2. The van der Waals surface area contributed by atoms with Crippen molar-refractivity contribution in [2.75, 3.05) is 0 Å². The zero-order valence-corrected chi connectivity index (χ0v) is 14.4. The largest absolute Gasteiger partial charge is 0.390 e. The minimum Gasteiger partial charge on any atom is -0.390 e. The molecule has 20 heavy (non-hydrogen) atoms. The first-order chi connectivity index (χ1) is 9.11. The molecule has 0 heterocycles. The number of alkyl halides is 4. The van der Waals surface area contributed by atoms with Crippen LogP contribution in [0.5, 0.6) is 0 Å². The van der Waals surface area contributed by atoms with Gasteiger partial charge in [0, 0.05) is 0 Å². The summed E-state index contributed by atoms with van der Waals surface area (Å²) in [5, 5.41) is 20.6. The second kappa shape index (κ2) is 3.89. The molecule has 0 aliphatic heterocycles. The molecule has 2 N–H and O–H groups in total. The van der Waals surface area contributed by atoms with Crippen LogP contribution in [-0.2, 0) is 0 Å². The van der Waals surface area contributed by atoms with Crippen molar-refractivity contribution in [3.63, 3.8) is 0 Å². The Labute approximate surface area is 145 Å². The Balaban J connectivity index is 1.98. The minimum atomic E-state index is -1.58. The minimum absolute atomic E-state index is 0.163. The molecule has 4 aliphatic carbocycles. The Morgan fingerprint density at radius 2 is 1.15 bits per heavy atom. The van der Waals surface area contributed by atoms with Crippen molar-refractivity contribution in [3.8, 4) is 0 Å². The van der Waals surface area contributed by atoms with Crippen LogP contribution < -0.4 is 0 Å². The zero-order valence-electron chi connectivity index (χ0n) is 9.83. The average Bonchev–Trinajstić information content (AvgIpc) is 2.97. The van der Waals surface area contributed by atoms with E-state index in [-0.39, 0.29) is 33.7 Å². The highest BCUT2D eigenvalue weighted by molar-refractivity contribution is 6.65. The van der Waals surface area contributed by atoms with Crippen LogP contribution in [0.25, 0.3) is 0 Å². The highest BCUT2D eigenvalue weighted by atomic mass is 35.5. The monoisotopic (exact) mass is 396 g/mol. The van der Waals surface area contributed by atoms with E-state index >= 15 is 0 Å². The van der Waals surface area contributed by atoms with Crippen LogP contribution in [0.2, 0.25) is 0 Å². The van der Waals surface area contributed by atoms with Crippen molar-refractivity contribution in [3.05, 3.63) is 10.1 Å². The lowest BCUT2D eigenvalue weighted by Gasteiger charge is -2.42. The summed E-state index contributed by atoms with van der Waals surface area (Å²) in [6.45, 7) is 0. The fraction of sp³-hybridized carbons (Fsp3) is 0.833. The average molecular weight is 399 g/mol. The van der Waals surface area contributed by atoms with E-state index < -0.39 is 26.3 Å². The standard InChI is InChI=1S/C12H10Cl6O2/c13-8-9(14)11(16)5-3-1-2(6(19)7(3)20)4(5)10(8,15)12(11,17)18/h2-7,19-20H,1H2/t2-,3-,4-,5+,6+,7-,10+,11+/m0/s1. The van der Waals surface area contributed by atoms with Gasteiger partial charge in [-0.3, -0.25) is 0 Å². The van der Waals surface area contributed by atoms with Gasteiger partial charge in [-0.05, 0) is 30.1 Å². The van der Waals surface area contributed by atoms with E-state index in [1.807, 2.05) is 0 Å². The molecule has 3 saturated carbocycles. The molecule has 0 saturated heterocycles. The SMILES string of the molecule is O[C@@H]1[C@H](O)[C@H]2C[C@H]1[C@@H]1[C@H]2[C@@]2(Cl)C(Cl)=C(Cl)[C@@]1(Cl)C2(Cl)Cl. The molecule has 0 aromatic rings. The Kier molecular flexibility index (Phi) is 2.91. The van der Waals surface area contributed by atoms with Crippen LogP contribution in [0.4, 0.5) is 0 Å². The van der Waals surface area contributed by atoms with E-state index in [2.05, 4.69) is 0 Å². The van der Waals surface area contributed by atoms with Crippen molar-refractivity contribution < 1.29 is 10.2 Å². The summed E-state index contributed by atoms with van der Waals surface area (Å²) in [6.07, 6.45) is -1.09. The van der Waals surface area contributed by atoms with Crippen molar-refractivity contribution in [2.45, 2.75) is 32.7 Å². The van der Waals surface area contributed by atoms with Gasteiger partial charge in [0.25, 0.3) is 0 Å². The Hall–Kier alpha value is 1.40. The van der Waals surface area contributed by atoms with E-state index in [0.717, 1.165) is 0 Å². The fourth-order valence-electron chi connectivity index (χ4n) is 5.01. The maximum absolute atomic E-state index is 10.2. The second-order valence-electron chi connectivity index (χ2n) is 6.22. The quantitative estimate of drug-likeness (QED) is 0.484. The predicted molar refractivity (Wildman–Crippen MR) is 80.9 cm³/mol. The molecule has 8 atom stereocenters. The summed E-state index contributed by atoms with van der Waals surface area (Å²) in [5.41, 5.74) is 0. The summed E-state index contributed by atoms with van der Waals surface area (Å²) in [5.74, 6) is -1.05. The highest BCUT2D eigenvalue weighted by Crippen LogP contribution is 2.82. The third-order valence-electron chi connectivity index (χ3n) is 5.75. The van der Waals surface area contributed by atoms with Gasteiger partial charge in [-0.2, -0.15) is 0 Å². The number of fused-ring (bicyclic) bond motifs is 9. The van der Waals surface area contributed by atoms with Gasteiger partial charge in [0.1, 0.15) is 9.75 Å². The topological polar surface area (TPSA) is 40.5 Å². The van der Waals surface area contributed by atoms with Gasteiger partial charge in [-0.1, -0.05) is 46.4 Å². The first-order valence-electron chi connectivity index (χ1n) is 6.29. The van der Waals surface area contributed by atoms with Crippen molar-refractivity contribution >= 4 is 69.6 Å². The Bertz CT molecular complexity index is 506. The van der Waals surface area contributed by atoms with Crippen molar-refractivity contribution in [1.29, 1.82) is 0 Å². The number of halogens is 6. The maximum atomic E-state index is 10.2. The van der Waals surface area contributed by atoms with Crippen LogP contribution in [0.1, 0.15) is 6.42 Å².